The van der Waals surface area contributed by atoms with Crippen molar-refractivity contribution >= 4 is 10.4 Å². The molecule has 0 N–H and O–H groups in total. The molecule has 0 fully saturated rings. The first-order valence-corrected chi connectivity index (χ1v) is 5.25. The van der Waals surface area contributed by atoms with Gasteiger partial charge in [-0.05, 0) is 18.9 Å². The number of hydrogen-bond donors (Lipinski definition) is 0. The molecule has 0 rings (SSSR count). The third-order valence-electron chi connectivity index (χ3n) is 1.19. The van der Waals surface area contributed by atoms with Gasteiger partial charge >= 0.3 is 0 Å². The summed E-state index contributed by atoms with van der Waals surface area (Å²) < 4.78 is 12.9. The highest BCUT2D eigenvalue weighted by molar-refractivity contribution is 8.29. The van der Waals surface area contributed by atoms with Gasteiger partial charge in [-0.15, -0.1) is 0 Å². The van der Waals surface area contributed by atoms with E-state index in [0.29, 0.717) is 6.42 Å². The smallest absolute Gasteiger partial charge is 0.101 e. The highest BCUT2D eigenvalue weighted by Crippen LogP contribution is 2.47. The molecule has 1 nitrogen and oxygen atoms in total. The van der Waals surface area contributed by atoms with Gasteiger partial charge in [0.1, 0.15) is 5.25 Å². The molecule has 0 aliphatic carbocycles. The van der Waals surface area contributed by atoms with E-state index in [2.05, 4.69) is 0 Å². The lowest BCUT2D eigenvalue weighted by Crippen LogP contribution is -2.08. The molecule has 0 spiro atoms. The molecule has 0 saturated carbocycles. The topological polar surface area (TPSA) is 23.8 Å². The van der Waals surface area contributed by atoms with Crippen molar-refractivity contribution in [2.45, 2.75) is 18.6 Å². The second kappa shape index (κ2) is 3.07. The predicted molar refractivity (Wildman–Crippen MR) is 40.2 cm³/mol. The molecule has 0 aromatic carbocycles. The van der Waals surface area contributed by atoms with Crippen LogP contribution in [0.4, 0.5) is 3.89 Å². The van der Waals surface area contributed by atoms with Crippen LogP contribution in [-0.2, 0) is 0 Å². The van der Waals surface area contributed by atoms with E-state index in [1.807, 2.05) is 13.0 Å². The van der Waals surface area contributed by atoms with Crippen LogP contribution >= 0.6 is 10.4 Å². The van der Waals surface area contributed by atoms with E-state index >= 15 is 0 Å². The second-order valence-corrected chi connectivity index (χ2v) is 5.43. The van der Waals surface area contributed by atoms with Crippen molar-refractivity contribution in [3.8, 4) is 6.07 Å². The first-order valence-electron chi connectivity index (χ1n) is 2.83. The summed E-state index contributed by atoms with van der Waals surface area (Å²) in [4.78, 5) is 0. The van der Waals surface area contributed by atoms with Crippen molar-refractivity contribution in [1.82, 2.24) is 0 Å². The van der Waals surface area contributed by atoms with Gasteiger partial charge in [0.15, 0.2) is 0 Å². The van der Waals surface area contributed by atoms with E-state index in [1.165, 1.54) is 12.5 Å². The maximum Gasteiger partial charge on any atom is 0.101 e. The summed E-state index contributed by atoms with van der Waals surface area (Å²) in [5.41, 5.74) is 0. The Kier molecular flexibility index (Phi) is 2.99. The highest BCUT2D eigenvalue weighted by Gasteiger charge is 2.21. The predicted octanol–water partition coefficient (Wildman–Crippen LogP) is 2.24. The Hall–Kier alpha value is -0.230. The fourth-order valence-corrected chi connectivity index (χ4v) is 1.66. The van der Waals surface area contributed by atoms with Crippen molar-refractivity contribution in [2.24, 2.45) is 0 Å². The van der Waals surface area contributed by atoms with Gasteiger partial charge in [-0.2, -0.15) is 9.15 Å². The zero-order valence-corrected chi connectivity index (χ0v) is 6.83. The molecule has 0 aliphatic heterocycles. The summed E-state index contributed by atoms with van der Waals surface area (Å²) in [6.45, 7) is 1.84. The Labute approximate surface area is 57.5 Å². The number of nitrogens with zero attached hydrogens (tertiary/aromatic N) is 1. The average Bonchev–Trinajstić information content (AvgIpc) is 1.65. The first kappa shape index (κ1) is 8.77. The SMILES string of the molecule is CCC(C#N)S(C)(C)F. The van der Waals surface area contributed by atoms with Crippen molar-refractivity contribution < 1.29 is 3.89 Å². The van der Waals surface area contributed by atoms with Crippen molar-refractivity contribution in [2.75, 3.05) is 12.5 Å². The largest absolute Gasteiger partial charge is 0.197 e. The molecular formula is C6H12FNS. The summed E-state index contributed by atoms with van der Waals surface area (Å²) in [6.07, 6.45) is 3.66. The number of halogens is 1. The molecule has 0 aromatic heterocycles. The van der Waals surface area contributed by atoms with E-state index in [4.69, 9.17) is 5.26 Å². The van der Waals surface area contributed by atoms with Crippen LogP contribution in [0.15, 0.2) is 0 Å². The highest BCUT2D eigenvalue weighted by atomic mass is 32.3. The Balaban J connectivity index is 4.00. The van der Waals surface area contributed by atoms with Gasteiger partial charge in [-0.25, -0.2) is 0 Å². The molecular weight excluding hydrogens is 137 g/mol. The normalized spacial score (nSPS) is 16.3. The molecule has 1 atom stereocenters. The molecule has 0 aliphatic rings. The van der Waals surface area contributed by atoms with Gasteiger partial charge < -0.3 is 0 Å². The molecule has 54 valence electrons. The van der Waals surface area contributed by atoms with Crippen LogP contribution < -0.4 is 0 Å². The maximum atomic E-state index is 12.9. The lowest BCUT2D eigenvalue weighted by molar-refractivity contribution is 0.851. The molecule has 0 heterocycles. The molecule has 3 heteroatoms. The average molecular weight is 149 g/mol. The van der Waals surface area contributed by atoms with Crippen molar-refractivity contribution in [3.05, 3.63) is 0 Å². The molecule has 9 heavy (non-hydrogen) atoms. The summed E-state index contributed by atoms with van der Waals surface area (Å²) in [5, 5.41) is 8.02. The minimum atomic E-state index is -2.13. The third kappa shape index (κ3) is 2.71. The van der Waals surface area contributed by atoms with Gasteiger partial charge in [0.2, 0.25) is 0 Å². The Morgan fingerprint density at radius 1 is 1.67 bits per heavy atom. The van der Waals surface area contributed by atoms with Gasteiger partial charge in [0.05, 0.1) is 6.07 Å². The minimum Gasteiger partial charge on any atom is -0.197 e. The first-order chi connectivity index (χ1) is 4.02. The van der Waals surface area contributed by atoms with Crippen molar-refractivity contribution in [1.29, 1.82) is 5.26 Å². The number of hydrogen-bond acceptors (Lipinski definition) is 1. The van der Waals surface area contributed by atoms with Crippen LogP contribution in [0.3, 0.4) is 0 Å². The quantitative estimate of drug-likeness (QED) is 0.590. The van der Waals surface area contributed by atoms with Gasteiger partial charge in [-0.3, -0.25) is 0 Å². The lowest BCUT2D eigenvalue weighted by Gasteiger charge is -2.24. The van der Waals surface area contributed by atoms with E-state index in [9.17, 15) is 3.89 Å². The van der Waals surface area contributed by atoms with Crippen LogP contribution in [-0.4, -0.2) is 17.8 Å². The summed E-state index contributed by atoms with van der Waals surface area (Å²) in [6, 6.07) is 1.95. The number of rotatable bonds is 2. The lowest BCUT2D eigenvalue weighted by atomic mass is 10.4. The summed E-state index contributed by atoms with van der Waals surface area (Å²) in [5.74, 6) is 0. The fraction of sp³-hybridized carbons (Fsp3) is 0.833. The van der Waals surface area contributed by atoms with Crippen LogP contribution in [0, 0.1) is 11.3 Å². The number of nitriles is 1. The van der Waals surface area contributed by atoms with Crippen LogP contribution in [0.5, 0.6) is 0 Å². The van der Waals surface area contributed by atoms with Gasteiger partial charge in [-0.1, -0.05) is 17.3 Å². The van der Waals surface area contributed by atoms with Crippen LogP contribution in [0.25, 0.3) is 0 Å². The second-order valence-electron chi connectivity index (χ2n) is 2.30. The van der Waals surface area contributed by atoms with Crippen LogP contribution in [0.1, 0.15) is 13.3 Å². The van der Waals surface area contributed by atoms with E-state index in [1.54, 1.807) is 0 Å². The van der Waals surface area contributed by atoms with E-state index < -0.39 is 10.4 Å². The van der Waals surface area contributed by atoms with Gasteiger partial charge in [0, 0.05) is 0 Å². The molecule has 0 saturated heterocycles. The summed E-state index contributed by atoms with van der Waals surface area (Å²) in [7, 11) is -2.13. The fourth-order valence-electron chi connectivity index (χ4n) is 0.613. The van der Waals surface area contributed by atoms with Gasteiger partial charge in [0.25, 0.3) is 0 Å². The molecule has 0 bridgehead atoms. The maximum absolute atomic E-state index is 12.9. The van der Waals surface area contributed by atoms with Crippen molar-refractivity contribution in [3.63, 3.8) is 0 Å². The van der Waals surface area contributed by atoms with Crippen LogP contribution in [0.2, 0.25) is 0 Å². The Morgan fingerprint density at radius 3 is 2.11 bits per heavy atom. The molecule has 1 unspecified atom stereocenters. The zero-order chi connectivity index (χ0) is 7.49. The molecule has 0 radical (unpaired) electrons. The van der Waals surface area contributed by atoms with E-state index in [-0.39, 0.29) is 5.25 Å². The Bertz CT molecular complexity index is 122. The molecule has 0 amide bonds. The standard InChI is InChI=1S/C6H12FNS/c1-4-6(5-8)9(2,3)7/h6H,4H2,1-3H3. The summed E-state index contributed by atoms with van der Waals surface area (Å²) >= 11 is 0. The van der Waals surface area contributed by atoms with E-state index in [0.717, 1.165) is 0 Å². The third-order valence-corrected chi connectivity index (χ3v) is 2.98. The Morgan fingerprint density at radius 2 is 2.11 bits per heavy atom. The monoisotopic (exact) mass is 149 g/mol. The molecule has 0 aromatic rings. The minimum absolute atomic E-state index is 0.377. The zero-order valence-electron chi connectivity index (χ0n) is 6.02.